The molecule has 5 nitrogen and oxygen atoms in total. The van der Waals surface area contributed by atoms with E-state index in [1.54, 1.807) is 18.2 Å². The zero-order valence-corrected chi connectivity index (χ0v) is 11.4. The molecule has 5 heteroatoms. The molecular formula is C17H11NO4. The van der Waals surface area contributed by atoms with E-state index in [1.807, 2.05) is 30.3 Å². The molecule has 0 saturated heterocycles. The topological polar surface area (TPSA) is 69.4 Å². The van der Waals surface area contributed by atoms with Crippen LogP contribution >= 0.6 is 0 Å². The summed E-state index contributed by atoms with van der Waals surface area (Å²) in [5, 5.41) is 10.6. The second-order valence-corrected chi connectivity index (χ2v) is 4.70. The number of hydrogen-bond donors (Lipinski definition) is 0. The van der Waals surface area contributed by atoms with Crippen LogP contribution < -0.4 is 0 Å². The van der Waals surface area contributed by atoms with Gasteiger partial charge in [-0.05, 0) is 29.3 Å². The van der Waals surface area contributed by atoms with Crippen LogP contribution in [0.3, 0.4) is 0 Å². The van der Waals surface area contributed by atoms with E-state index in [0.29, 0.717) is 11.3 Å². The lowest BCUT2D eigenvalue weighted by Gasteiger charge is -2.04. The van der Waals surface area contributed by atoms with E-state index in [-0.39, 0.29) is 5.69 Å². The molecule has 0 spiro atoms. The van der Waals surface area contributed by atoms with Crippen molar-refractivity contribution >= 4 is 23.3 Å². The van der Waals surface area contributed by atoms with E-state index in [4.69, 9.17) is 4.74 Å². The summed E-state index contributed by atoms with van der Waals surface area (Å²) >= 11 is 0. The Morgan fingerprint density at radius 1 is 1.00 bits per heavy atom. The molecule has 2 aromatic rings. The van der Waals surface area contributed by atoms with Crippen LogP contribution in [0.2, 0.25) is 0 Å². The van der Waals surface area contributed by atoms with Crippen molar-refractivity contribution in [1.29, 1.82) is 0 Å². The third kappa shape index (κ3) is 2.78. The van der Waals surface area contributed by atoms with E-state index >= 15 is 0 Å². The van der Waals surface area contributed by atoms with Gasteiger partial charge in [-0.3, -0.25) is 10.1 Å². The highest BCUT2D eigenvalue weighted by molar-refractivity contribution is 6.03. The number of rotatable bonds is 3. The fourth-order valence-corrected chi connectivity index (χ4v) is 2.18. The van der Waals surface area contributed by atoms with Crippen molar-refractivity contribution in [3.05, 3.63) is 87.7 Å². The second kappa shape index (κ2) is 5.65. The standard InChI is InChI=1S/C17H11NO4/c19-17-11-15(13-4-2-1-3-5-13)16(22-17)10-12-6-8-14(9-7-12)18(20)21/h1-11H. The Bertz CT molecular complexity index is 789. The van der Waals surface area contributed by atoms with Gasteiger partial charge >= 0.3 is 5.97 Å². The van der Waals surface area contributed by atoms with Crippen molar-refractivity contribution in [3.8, 4) is 0 Å². The minimum atomic E-state index is -0.457. The highest BCUT2D eigenvalue weighted by atomic mass is 16.6. The summed E-state index contributed by atoms with van der Waals surface area (Å²) in [5.74, 6) is 0.0112. The Labute approximate surface area is 126 Å². The summed E-state index contributed by atoms with van der Waals surface area (Å²) in [5.41, 5.74) is 2.31. The Morgan fingerprint density at radius 2 is 1.68 bits per heavy atom. The van der Waals surface area contributed by atoms with Crippen LogP contribution in [0.1, 0.15) is 11.1 Å². The molecule has 0 amide bonds. The summed E-state index contributed by atoms with van der Waals surface area (Å²) in [4.78, 5) is 21.7. The lowest BCUT2D eigenvalue weighted by Crippen LogP contribution is -1.92. The van der Waals surface area contributed by atoms with Gasteiger partial charge in [0.05, 0.1) is 4.92 Å². The number of ether oxygens (including phenoxy) is 1. The summed E-state index contributed by atoms with van der Waals surface area (Å²) in [6.07, 6.45) is 3.13. The summed E-state index contributed by atoms with van der Waals surface area (Å²) in [7, 11) is 0. The minimum absolute atomic E-state index is 0.0180. The average Bonchev–Trinajstić information content (AvgIpc) is 2.89. The first-order valence-electron chi connectivity index (χ1n) is 6.59. The minimum Gasteiger partial charge on any atom is -0.423 e. The van der Waals surface area contributed by atoms with Crippen LogP contribution in [-0.4, -0.2) is 10.9 Å². The van der Waals surface area contributed by atoms with Crippen LogP contribution in [0, 0.1) is 10.1 Å². The van der Waals surface area contributed by atoms with Gasteiger partial charge in [-0.15, -0.1) is 0 Å². The Morgan fingerprint density at radius 3 is 2.32 bits per heavy atom. The smallest absolute Gasteiger partial charge is 0.336 e. The quantitative estimate of drug-likeness (QED) is 0.493. The predicted molar refractivity (Wildman–Crippen MR) is 81.6 cm³/mol. The van der Waals surface area contributed by atoms with Gasteiger partial charge in [0.25, 0.3) is 5.69 Å². The molecule has 22 heavy (non-hydrogen) atoms. The van der Waals surface area contributed by atoms with Crippen molar-refractivity contribution in [2.24, 2.45) is 0 Å². The van der Waals surface area contributed by atoms with Crippen LogP contribution in [-0.2, 0) is 9.53 Å². The molecule has 0 saturated carbocycles. The van der Waals surface area contributed by atoms with E-state index in [1.165, 1.54) is 18.2 Å². The Balaban J connectivity index is 1.94. The molecule has 108 valence electrons. The molecule has 1 aliphatic heterocycles. The largest absolute Gasteiger partial charge is 0.423 e. The molecule has 0 atom stereocenters. The van der Waals surface area contributed by atoms with Gasteiger partial charge in [-0.1, -0.05) is 30.3 Å². The Kier molecular flexibility index (Phi) is 3.53. The van der Waals surface area contributed by atoms with Crippen LogP contribution in [0.4, 0.5) is 5.69 Å². The maximum Gasteiger partial charge on any atom is 0.336 e. The van der Waals surface area contributed by atoms with Gasteiger partial charge in [-0.2, -0.15) is 0 Å². The molecule has 0 N–H and O–H groups in total. The average molecular weight is 293 g/mol. The third-order valence-corrected chi connectivity index (χ3v) is 3.22. The number of allylic oxidation sites excluding steroid dienone is 1. The monoisotopic (exact) mass is 293 g/mol. The van der Waals surface area contributed by atoms with Gasteiger partial charge in [-0.25, -0.2) is 4.79 Å². The maximum atomic E-state index is 11.5. The number of nitrogens with zero attached hydrogens (tertiary/aromatic N) is 1. The molecule has 0 fully saturated rings. The molecule has 1 aliphatic rings. The molecule has 0 radical (unpaired) electrons. The van der Waals surface area contributed by atoms with E-state index in [2.05, 4.69) is 0 Å². The normalized spacial score (nSPS) is 15.5. The van der Waals surface area contributed by atoms with Crippen molar-refractivity contribution in [3.63, 3.8) is 0 Å². The molecule has 0 aliphatic carbocycles. The SMILES string of the molecule is O=C1C=C(c2ccccc2)C(=Cc2ccc([N+](=O)[O-])cc2)O1. The maximum absolute atomic E-state index is 11.5. The van der Waals surface area contributed by atoms with Crippen molar-refractivity contribution in [2.45, 2.75) is 0 Å². The highest BCUT2D eigenvalue weighted by Crippen LogP contribution is 2.31. The summed E-state index contributed by atoms with van der Waals surface area (Å²) in [6.45, 7) is 0. The fraction of sp³-hybridized carbons (Fsp3) is 0. The number of non-ortho nitro benzene ring substituents is 1. The number of esters is 1. The number of carbonyl (C=O) groups excluding carboxylic acids is 1. The van der Waals surface area contributed by atoms with Crippen LogP contribution in [0.5, 0.6) is 0 Å². The van der Waals surface area contributed by atoms with Crippen LogP contribution in [0.15, 0.2) is 66.4 Å². The molecular weight excluding hydrogens is 282 g/mol. The molecule has 0 unspecified atom stereocenters. The van der Waals surface area contributed by atoms with E-state index in [0.717, 1.165) is 11.1 Å². The second-order valence-electron chi connectivity index (χ2n) is 4.70. The lowest BCUT2D eigenvalue weighted by atomic mass is 10.0. The molecule has 1 heterocycles. The highest BCUT2D eigenvalue weighted by Gasteiger charge is 2.21. The van der Waals surface area contributed by atoms with Crippen molar-refractivity contribution in [1.82, 2.24) is 0 Å². The summed E-state index contributed by atoms with van der Waals surface area (Å²) in [6, 6.07) is 15.5. The number of nitro groups is 1. The first kappa shape index (κ1) is 13.8. The van der Waals surface area contributed by atoms with Gasteiger partial charge in [0.1, 0.15) is 5.76 Å². The molecule has 0 bridgehead atoms. The van der Waals surface area contributed by atoms with E-state index < -0.39 is 10.9 Å². The molecule has 2 aromatic carbocycles. The van der Waals surface area contributed by atoms with Crippen molar-refractivity contribution in [2.75, 3.05) is 0 Å². The molecule has 0 aromatic heterocycles. The van der Waals surface area contributed by atoms with Gasteiger partial charge < -0.3 is 4.74 Å². The first-order chi connectivity index (χ1) is 10.6. The van der Waals surface area contributed by atoms with Gasteiger partial charge in [0.15, 0.2) is 0 Å². The first-order valence-corrected chi connectivity index (χ1v) is 6.59. The number of benzene rings is 2. The third-order valence-electron chi connectivity index (χ3n) is 3.22. The number of cyclic esters (lactones) is 1. The zero-order valence-electron chi connectivity index (χ0n) is 11.4. The Hall–Kier alpha value is -3.21. The zero-order chi connectivity index (χ0) is 15.5. The van der Waals surface area contributed by atoms with Crippen molar-refractivity contribution < 1.29 is 14.5 Å². The number of nitro benzene ring substituents is 1. The van der Waals surface area contributed by atoms with Crippen LogP contribution in [0.25, 0.3) is 11.6 Å². The lowest BCUT2D eigenvalue weighted by molar-refractivity contribution is -0.384. The number of hydrogen-bond acceptors (Lipinski definition) is 4. The van der Waals surface area contributed by atoms with Gasteiger partial charge in [0.2, 0.25) is 0 Å². The predicted octanol–water partition coefficient (Wildman–Crippen LogP) is 3.58. The fourth-order valence-electron chi connectivity index (χ4n) is 2.18. The molecule has 3 rings (SSSR count). The summed E-state index contributed by atoms with van der Waals surface area (Å²) < 4.78 is 5.21. The van der Waals surface area contributed by atoms with Gasteiger partial charge in [0, 0.05) is 23.8 Å². The number of carbonyl (C=O) groups is 1. The van der Waals surface area contributed by atoms with E-state index in [9.17, 15) is 14.9 Å².